The van der Waals surface area contributed by atoms with E-state index in [9.17, 15) is 9.50 Å². The molecule has 5 heteroatoms. The molecule has 0 aliphatic carbocycles. The lowest BCUT2D eigenvalue weighted by Gasteiger charge is -2.13. The smallest absolute Gasteiger partial charge is 0.123 e. The molecule has 4 nitrogen and oxygen atoms in total. The first-order valence-corrected chi connectivity index (χ1v) is 8.04. The van der Waals surface area contributed by atoms with Crippen molar-refractivity contribution in [3.8, 4) is 5.75 Å². The number of hydrogen-bond donors (Lipinski definition) is 3. The fourth-order valence-electron chi connectivity index (χ4n) is 2.61. The third kappa shape index (κ3) is 4.34. The van der Waals surface area contributed by atoms with Gasteiger partial charge < -0.3 is 20.1 Å². The molecule has 0 radical (unpaired) electrons. The molecule has 0 aliphatic heterocycles. The number of H-pyrrole nitrogens is 1. The number of benzene rings is 2. The number of rotatable bonds is 8. The first-order valence-electron chi connectivity index (χ1n) is 8.04. The van der Waals surface area contributed by atoms with Crippen molar-refractivity contribution in [2.75, 3.05) is 19.7 Å². The van der Waals surface area contributed by atoms with Crippen molar-refractivity contribution >= 4 is 10.9 Å². The molecule has 0 spiro atoms. The van der Waals surface area contributed by atoms with E-state index in [1.54, 1.807) is 12.1 Å². The lowest BCUT2D eigenvalue weighted by Crippen LogP contribution is -2.32. The fraction of sp³-hybridized carbons (Fsp3) is 0.263. The van der Waals surface area contributed by atoms with Crippen LogP contribution in [0.15, 0.2) is 54.7 Å². The molecule has 0 amide bonds. The highest BCUT2D eigenvalue weighted by Gasteiger charge is 2.06. The normalized spacial score (nSPS) is 12.4. The summed E-state index contributed by atoms with van der Waals surface area (Å²) in [5.41, 5.74) is 2.40. The van der Waals surface area contributed by atoms with Gasteiger partial charge in [-0.25, -0.2) is 4.39 Å². The number of halogens is 1. The van der Waals surface area contributed by atoms with Crippen LogP contribution in [0.3, 0.4) is 0 Å². The molecule has 0 aliphatic rings. The molecule has 3 aromatic rings. The molecule has 126 valence electrons. The van der Waals surface area contributed by atoms with Gasteiger partial charge in [-0.1, -0.05) is 18.2 Å². The van der Waals surface area contributed by atoms with Crippen LogP contribution in [0.5, 0.6) is 5.75 Å². The number of aromatic amines is 1. The predicted octanol–water partition coefficient (Wildman–Crippen LogP) is 2.88. The zero-order chi connectivity index (χ0) is 16.8. The van der Waals surface area contributed by atoms with Crippen molar-refractivity contribution in [2.45, 2.75) is 12.5 Å². The van der Waals surface area contributed by atoms with Crippen LogP contribution >= 0.6 is 0 Å². The van der Waals surface area contributed by atoms with Crippen molar-refractivity contribution in [1.82, 2.24) is 10.3 Å². The van der Waals surface area contributed by atoms with Gasteiger partial charge in [0.15, 0.2) is 0 Å². The standard InChI is InChI=1S/C19H21FN2O2/c20-15-5-7-17(8-6-15)24-13-16(23)12-21-10-9-14-11-22-19-4-2-1-3-18(14)19/h1-8,11,16,21-23H,9-10,12-13H2. The molecule has 1 atom stereocenters. The second-order valence-electron chi connectivity index (χ2n) is 5.73. The maximum Gasteiger partial charge on any atom is 0.123 e. The van der Waals surface area contributed by atoms with Crippen molar-refractivity contribution in [3.05, 3.63) is 66.1 Å². The van der Waals surface area contributed by atoms with Crippen LogP contribution in [-0.2, 0) is 6.42 Å². The summed E-state index contributed by atoms with van der Waals surface area (Å²) < 4.78 is 18.2. The minimum atomic E-state index is -0.613. The minimum Gasteiger partial charge on any atom is -0.491 e. The van der Waals surface area contributed by atoms with Gasteiger partial charge in [0.25, 0.3) is 0 Å². The Hall–Kier alpha value is -2.37. The summed E-state index contributed by atoms with van der Waals surface area (Å²) in [6, 6.07) is 14.0. The molecule has 1 heterocycles. The Bertz CT molecular complexity index is 770. The van der Waals surface area contributed by atoms with Gasteiger partial charge in [0.05, 0.1) is 0 Å². The van der Waals surface area contributed by atoms with Gasteiger partial charge >= 0.3 is 0 Å². The molecule has 1 unspecified atom stereocenters. The number of aromatic nitrogens is 1. The van der Waals surface area contributed by atoms with E-state index in [4.69, 9.17) is 4.74 Å². The summed E-state index contributed by atoms with van der Waals surface area (Å²) in [5, 5.41) is 14.4. The first-order chi connectivity index (χ1) is 11.7. The zero-order valence-electron chi connectivity index (χ0n) is 13.3. The van der Waals surface area contributed by atoms with Gasteiger partial charge in [-0.2, -0.15) is 0 Å². The van der Waals surface area contributed by atoms with Gasteiger partial charge in [0.1, 0.15) is 24.3 Å². The second-order valence-corrected chi connectivity index (χ2v) is 5.73. The van der Waals surface area contributed by atoms with Gasteiger partial charge in [-0.15, -0.1) is 0 Å². The van der Waals surface area contributed by atoms with Crippen LogP contribution in [-0.4, -0.2) is 35.9 Å². The Kier molecular flexibility index (Phi) is 5.46. The van der Waals surface area contributed by atoms with Crippen molar-refractivity contribution in [2.24, 2.45) is 0 Å². The van der Waals surface area contributed by atoms with Crippen molar-refractivity contribution in [3.63, 3.8) is 0 Å². The van der Waals surface area contributed by atoms with Gasteiger partial charge in [0, 0.05) is 23.6 Å². The van der Waals surface area contributed by atoms with E-state index in [0.29, 0.717) is 12.3 Å². The third-order valence-electron chi connectivity index (χ3n) is 3.88. The molecular formula is C19H21FN2O2. The Morgan fingerprint density at radius 3 is 2.75 bits per heavy atom. The Morgan fingerprint density at radius 1 is 1.12 bits per heavy atom. The van der Waals surface area contributed by atoms with Gasteiger partial charge in [-0.05, 0) is 48.9 Å². The molecule has 1 aromatic heterocycles. The number of ether oxygens (including phenoxy) is 1. The Labute approximate surface area is 140 Å². The summed E-state index contributed by atoms with van der Waals surface area (Å²) in [5.74, 6) is 0.246. The van der Waals surface area contributed by atoms with Crippen LogP contribution in [0.1, 0.15) is 5.56 Å². The molecule has 0 fully saturated rings. The highest BCUT2D eigenvalue weighted by Crippen LogP contribution is 2.17. The number of aliphatic hydroxyl groups is 1. The number of nitrogens with one attached hydrogen (secondary N) is 2. The number of fused-ring (bicyclic) bond motifs is 1. The first kappa shape index (κ1) is 16.5. The van der Waals surface area contributed by atoms with Crippen LogP contribution in [0.25, 0.3) is 10.9 Å². The van der Waals surface area contributed by atoms with Gasteiger partial charge in [0.2, 0.25) is 0 Å². The maximum atomic E-state index is 12.8. The third-order valence-corrected chi connectivity index (χ3v) is 3.88. The maximum absolute atomic E-state index is 12.8. The molecule has 0 bridgehead atoms. The average molecular weight is 328 g/mol. The molecular weight excluding hydrogens is 307 g/mol. The van der Waals surface area contributed by atoms with Crippen LogP contribution in [0.4, 0.5) is 4.39 Å². The van der Waals surface area contributed by atoms with E-state index < -0.39 is 6.10 Å². The zero-order valence-corrected chi connectivity index (χ0v) is 13.3. The molecule has 0 saturated heterocycles. The van der Waals surface area contributed by atoms with Crippen LogP contribution in [0.2, 0.25) is 0 Å². The number of para-hydroxylation sites is 1. The van der Waals surface area contributed by atoms with E-state index in [1.807, 2.05) is 18.3 Å². The minimum absolute atomic E-state index is 0.172. The van der Waals surface area contributed by atoms with E-state index in [1.165, 1.54) is 23.1 Å². The molecule has 0 saturated carbocycles. The van der Waals surface area contributed by atoms with Crippen molar-refractivity contribution < 1.29 is 14.2 Å². The van der Waals surface area contributed by atoms with E-state index in [-0.39, 0.29) is 12.4 Å². The molecule has 3 rings (SSSR count). The van der Waals surface area contributed by atoms with E-state index >= 15 is 0 Å². The highest BCUT2D eigenvalue weighted by molar-refractivity contribution is 5.83. The van der Waals surface area contributed by atoms with Gasteiger partial charge in [-0.3, -0.25) is 0 Å². The summed E-state index contributed by atoms with van der Waals surface area (Å²) in [6.07, 6.45) is 2.30. The van der Waals surface area contributed by atoms with Crippen LogP contribution < -0.4 is 10.1 Å². The fourth-order valence-corrected chi connectivity index (χ4v) is 2.61. The lowest BCUT2D eigenvalue weighted by atomic mass is 10.1. The summed E-state index contributed by atoms with van der Waals surface area (Å²) in [6.45, 7) is 1.39. The Morgan fingerprint density at radius 2 is 1.92 bits per heavy atom. The van der Waals surface area contributed by atoms with E-state index in [0.717, 1.165) is 18.5 Å². The molecule has 3 N–H and O–H groups in total. The summed E-state index contributed by atoms with van der Waals surface area (Å²) >= 11 is 0. The summed E-state index contributed by atoms with van der Waals surface area (Å²) in [4.78, 5) is 3.26. The summed E-state index contributed by atoms with van der Waals surface area (Å²) in [7, 11) is 0. The highest BCUT2D eigenvalue weighted by atomic mass is 19.1. The van der Waals surface area contributed by atoms with E-state index in [2.05, 4.69) is 22.4 Å². The Balaban J connectivity index is 1.37. The molecule has 24 heavy (non-hydrogen) atoms. The van der Waals surface area contributed by atoms with Crippen LogP contribution in [0, 0.1) is 5.82 Å². The quantitative estimate of drug-likeness (QED) is 0.557. The SMILES string of the molecule is OC(CNCCc1c[nH]c2ccccc12)COc1ccc(F)cc1. The molecule has 2 aromatic carbocycles. The topological polar surface area (TPSA) is 57.3 Å². The number of hydrogen-bond acceptors (Lipinski definition) is 3. The number of aliphatic hydroxyl groups excluding tert-OH is 1. The second kappa shape index (κ2) is 7.95. The van der Waals surface area contributed by atoms with Crippen molar-refractivity contribution in [1.29, 1.82) is 0 Å². The monoisotopic (exact) mass is 328 g/mol. The predicted molar refractivity (Wildman–Crippen MR) is 92.8 cm³/mol. The largest absolute Gasteiger partial charge is 0.491 e. The average Bonchev–Trinajstić information content (AvgIpc) is 3.01. The lowest BCUT2D eigenvalue weighted by molar-refractivity contribution is 0.106.